The van der Waals surface area contributed by atoms with E-state index in [0.717, 1.165) is 29.8 Å². The maximum atomic E-state index is 13.2. The molecular weight excluding hydrogens is 474 g/mol. The molecule has 1 aromatic carbocycles. The molecule has 0 spiro atoms. The topological polar surface area (TPSA) is 118 Å². The molecule has 0 unspecified atom stereocenters. The molecule has 0 saturated heterocycles. The van der Waals surface area contributed by atoms with Crippen LogP contribution in [0.5, 0.6) is 5.75 Å². The fourth-order valence-corrected chi connectivity index (χ4v) is 7.40. The zero-order valence-electron chi connectivity index (χ0n) is 19.7. The van der Waals surface area contributed by atoms with Crippen molar-refractivity contribution in [2.45, 2.75) is 81.8 Å². The second-order valence-electron chi connectivity index (χ2n) is 9.34. The lowest BCUT2D eigenvalue weighted by molar-refractivity contribution is -0.117. The number of nitrogens with one attached hydrogen (secondary N) is 2. The van der Waals surface area contributed by atoms with E-state index in [4.69, 9.17) is 4.74 Å². The molecule has 2 atom stereocenters. The Balaban J connectivity index is 1.54. The maximum absolute atomic E-state index is 13.2. The Labute approximate surface area is 205 Å². The van der Waals surface area contributed by atoms with Crippen molar-refractivity contribution in [3.8, 4) is 16.2 Å². The Bertz CT molecular complexity index is 1130. The highest BCUT2D eigenvalue weighted by atomic mass is 32.2. The van der Waals surface area contributed by atoms with Gasteiger partial charge < -0.3 is 15.2 Å². The Hall–Kier alpha value is -2.01. The number of sulfonamides is 1. The first-order chi connectivity index (χ1) is 16.2. The van der Waals surface area contributed by atoms with Gasteiger partial charge >= 0.3 is 0 Å². The fourth-order valence-electron chi connectivity index (χ4n) is 4.95. The van der Waals surface area contributed by atoms with E-state index < -0.39 is 16.1 Å². The molecule has 2 saturated carbocycles. The van der Waals surface area contributed by atoms with Crippen LogP contribution >= 0.6 is 11.3 Å². The highest BCUT2D eigenvalue weighted by molar-refractivity contribution is 7.89. The van der Waals surface area contributed by atoms with Gasteiger partial charge in [-0.15, -0.1) is 0 Å². The number of rotatable bonds is 8. The van der Waals surface area contributed by atoms with Crippen molar-refractivity contribution in [2.24, 2.45) is 5.92 Å². The molecule has 8 nitrogen and oxygen atoms in total. The van der Waals surface area contributed by atoms with Crippen molar-refractivity contribution < 1.29 is 23.1 Å². The number of thiazole rings is 1. The van der Waals surface area contributed by atoms with Crippen LogP contribution in [0.2, 0.25) is 0 Å². The lowest BCUT2D eigenvalue weighted by Gasteiger charge is -2.26. The second kappa shape index (κ2) is 10.7. The van der Waals surface area contributed by atoms with Gasteiger partial charge in [-0.3, -0.25) is 4.79 Å². The number of carbonyl (C=O) groups is 1. The van der Waals surface area contributed by atoms with E-state index in [9.17, 15) is 18.3 Å². The number of hydrogen-bond acceptors (Lipinski definition) is 7. The number of hydrogen-bond donors (Lipinski definition) is 3. The summed E-state index contributed by atoms with van der Waals surface area (Å²) in [5, 5.41) is 13.4. The van der Waals surface area contributed by atoms with Crippen molar-refractivity contribution in [3.05, 3.63) is 23.9 Å². The number of carbonyl (C=O) groups excluding carboxylic acids is 1. The molecule has 186 valence electrons. The maximum Gasteiger partial charge on any atom is 0.244 e. The summed E-state index contributed by atoms with van der Waals surface area (Å²) in [6.45, 7) is 1.85. The van der Waals surface area contributed by atoms with Gasteiger partial charge in [0.2, 0.25) is 15.9 Å². The normalized spacial score (nSPS) is 21.5. The van der Waals surface area contributed by atoms with E-state index in [1.807, 2.05) is 6.92 Å². The number of aliphatic hydroxyl groups excluding tert-OH is 1. The lowest BCUT2D eigenvalue weighted by atomic mass is 9.94. The number of methoxy groups -OCH3 is 1. The summed E-state index contributed by atoms with van der Waals surface area (Å²) >= 11 is 1.34. The average molecular weight is 508 g/mol. The number of anilines is 1. The summed E-state index contributed by atoms with van der Waals surface area (Å²) in [7, 11) is -2.43. The average Bonchev–Trinajstić information content (AvgIpc) is 3.42. The molecule has 34 heavy (non-hydrogen) atoms. The molecular formula is C24H33N3O5S2. The van der Waals surface area contributed by atoms with Crippen molar-refractivity contribution >= 4 is 32.4 Å². The van der Waals surface area contributed by atoms with Crippen molar-refractivity contribution in [3.63, 3.8) is 0 Å². The van der Waals surface area contributed by atoms with E-state index in [1.54, 1.807) is 18.2 Å². The third-order valence-corrected chi connectivity index (χ3v) is 9.34. The third kappa shape index (κ3) is 5.97. The van der Waals surface area contributed by atoms with Gasteiger partial charge in [0.05, 0.1) is 23.8 Å². The quantitative estimate of drug-likeness (QED) is 0.492. The monoisotopic (exact) mass is 507 g/mol. The van der Waals surface area contributed by atoms with Gasteiger partial charge in [-0.25, -0.2) is 18.1 Å². The minimum absolute atomic E-state index is 0.0240. The minimum atomic E-state index is -3.87. The number of benzene rings is 1. The van der Waals surface area contributed by atoms with Crippen LogP contribution in [0.1, 0.15) is 63.5 Å². The molecule has 10 heteroatoms. The van der Waals surface area contributed by atoms with Gasteiger partial charge in [0.1, 0.15) is 10.6 Å². The highest BCUT2D eigenvalue weighted by Gasteiger charge is 2.28. The molecule has 2 aromatic rings. The van der Waals surface area contributed by atoms with Crippen LogP contribution in [0.3, 0.4) is 0 Å². The Morgan fingerprint density at radius 3 is 2.68 bits per heavy atom. The van der Waals surface area contributed by atoms with E-state index >= 15 is 0 Å². The summed E-state index contributed by atoms with van der Waals surface area (Å²) in [4.78, 5) is 17.8. The molecule has 3 N–H and O–H groups in total. The first-order valence-electron chi connectivity index (χ1n) is 11.9. The predicted octanol–water partition coefficient (Wildman–Crippen LogP) is 4.23. The third-order valence-electron chi connectivity index (χ3n) is 6.68. The second-order valence-corrected chi connectivity index (χ2v) is 12.0. The zero-order valence-corrected chi connectivity index (χ0v) is 21.3. The summed E-state index contributed by atoms with van der Waals surface area (Å²) < 4.78 is 34.5. The summed E-state index contributed by atoms with van der Waals surface area (Å²) in [6, 6.07) is 4.71. The predicted molar refractivity (Wildman–Crippen MR) is 133 cm³/mol. The van der Waals surface area contributed by atoms with Crippen LogP contribution in [-0.2, 0) is 14.8 Å². The summed E-state index contributed by atoms with van der Waals surface area (Å²) in [5.41, 5.74) is 1.41. The molecule has 4 rings (SSSR count). The van der Waals surface area contributed by atoms with Gasteiger partial charge in [-0.05, 0) is 75.1 Å². The van der Waals surface area contributed by atoms with Gasteiger partial charge in [0, 0.05) is 12.5 Å². The number of amides is 1. The van der Waals surface area contributed by atoms with Crippen LogP contribution in [0, 0.1) is 12.8 Å². The number of aromatic nitrogens is 1. The van der Waals surface area contributed by atoms with Crippen LogP contribution in [0.25, 0.3) is 10.4 Å². The van der Waals surface area contributed by atoms with Crippen molar-refractivity contribution in [2.75, 3.05) is 12.4 Å². The summed E-state index contributed by atoms with van der Waals surface area (Å²) in [5.74, 6) is 0.677. The van der Waals surface area contributed by atoms with E-state index in [1.165, 1.54) is 31.3 Å². The molecule has 0 bridgehead atoms. The first kappa shape index (κ1) is 25.1. The van der Waals surface area contributed by atoms with Crippen LogP contribution in [-0.4, -0.2) is 43.7 Å². The number of aliphatic hydroxyl groups is 1. The standard InChI is InChI=1S/C24H33N3O5S2/c1-15-23(33-24(25-15)26-22(29)12-16-6-3-4-7-16)17-10-11-20(32-2)21(13-17)34(30,31)27-18-8-5-9-19(28)14-18/h10-11,13,16,18-19,27-28H,3-9,12,14H2,1-2H3,(H,25,26,29)/t18-,19-/m0/s1. The van der Waals surface area contributed by atoms with E-state index in [-0.39, 0.29) is 22.6 Å². The van der Waals surface area contributed by atoms with Crippen LogP contribution in [0.15, 0.2) is 23.1 Å². The van der Waals surface area contributed by atoms with Gasteiger partial charge in [-0.2, -0.15) is 0 Å². The highest BCUT2D eigenvalue weighted by Crippen LogP contribution is 2.37. The molecule has 2 fully saturated rings. The smallest absolute Gasteiger partial charge is 0.244 e. The lowest BCUT2D eigenvalue weighted by Crippen LogP contribution is -2.39. The van der Waals surface area contributed by atoms with Gasteiger partial charge in [-0.1, -0.05) is 24.2 Å². The summed E-state index contributed by atoms with van der Waals surface area (Å²) in [6.07, 6.45) is 7.18. The number of aryl methyl sites for hydroxylation is 1. The van der Waals surface area contributed by atoms with Crippen LogP contribution < -0.4 is 14.8 Å². The molecule has 1 heterocycles. The van der Waals surface area contributed by atoms with Crippen molar-refractivity contribution in [1.82, 2.24) is 9.71 Å². The fraction of sp³-hybridized carbons (Fsp3) is 0.583. The molecule has 1 aromatic heterocycles. The Morgan fingerprint density at radius 2 is 1.97 bits per heavy atom. The van der Waals surface area contributed by atoms with Gasteiger partial charge in [0.25, 0.3) is 0 Å². The Morgan fingerprint density at radius 1 is 1.21 bits per heavy atom. The van der Waals surface area contributed by atoms with Crippen LogP contribution in [0.4, 0.5) is 5.13 Å². The molecule has 0 radical (unpaired) electrons. The minimum Gasteiger partial charge on any atom is -0.495 e. The molecule has 2 aliphatic carbocycles. The van der Waals surface area contributed by atoms with Gasteiger partial charge in [0.15, 0.2) is 5.13 Å². The molecule has 2 aliphatic rings. The Kier molecular flexibility index (Phi) is 7.91. The van der Waals surface area contributed by atoms with Crippen molar-refractivity contribution in [1.29, 1.82) is 0 Å². The largest absolute Gasteiger partial charge is 0.495 e. The van der Waals surface area contributed by atoms with E-state index in [2.05, 4.69) is 15.0 Å². The molecule has 1 amide bonds. The zero-order chi connectivity index (χ0) is 24.3. The number of nitrogens with zero attached hydrogens (tertiary/aromatic N) is 1. The number of ether oxygens (including phenoxy) is 1. The van der Waals surface area contributed by atoms with E-state index in [0.29, 0.717) is 42.3 Å². The molecule has 0 aliphatic heterocycles. The first-order valence-corrected chi connectivity index (χ1v) is 14.2. The SMILES string of the molecule is COc1ccc(-c2sc(NC(=O)CC3CCCC3)nc2C)cc1S(=O)(=O)N[C@H]1CCC[C@H](O)C1.